The van der Waals surface area contributed by atoms with Crippen LogP contribution in [-0.2, 0) is 0 Å². The average Bonchev–Trinajstić information content (AvgIpc) is 3.15. The van der Waals surface area contributed by atoms with Gasteiger partial charge in [-0.2, -0.15) is 4.98 Å². The normalized spacial score (nSPS) is 15.4. The minimum absolute atomic E-state index is 0.154. The summed E-state index contributed by atoms with van der Waals surface area (Å²) in [6.45, 7) is 5.87. The van der Waals surface area contributed by atoms with Gasteiger partial charge in [0.25, 0.3) is 5.89 Å². The van der Waals surface area contributed by atoms with Gasteiger partial charge in [0.15, 0.2) is 0 Å². The number of piperazine rings is 1. The summed E-state index contributed by atoms with van der Waals surface area (Å²) in [5.41, 5.74) is 3.05. The van der Waals surface area contributed by atoms with Crippen LogP contribution in [0.15, 0.2) is 41.1 Å². The van der Waals surface area contributed by atoms with E-state index in [1.54, 1.807) is 12.3 Å². The van der Waals surface area contributed by atoms with Crippen LogP contribution in [0, 0.1) is 6.92 Å². The molecule has 2 aromatic heterocycles. The standard InChI is InChI=1S/C19H21N5O2/c1-13-4-3-5-15(17(13)25)19-21-18(22-26-19)16-12-14(6-7-20-16)24-10-8-23(2)9-11-24/h3-7,12,25H,8-11H2,1-2H3. The molecule has 1 saturated heterocycles. The zero-order valence-corrected chi connectivity index (χ0v) is 14.9. The van der Waals surface area contributed by atoms with Gasteiger partial charge in [-0.3, -0.25) is 4.98 Å². The Morgan fingerprint density at radius 2 is 1.92 bits per heavy atom. The summed E-state index contributed by atoms with van der Waals surface area (Å²) < 4.78 is 5.36. The lowest BCUT2D eigenvalue weighted by Crippen LogP contribution is -2.44. The van der Waals surface area contributed by atoms with E-state index >= 15 is 0 Å². The van der Waals surface area contributed by atoms with Crippen LogP contribution in [0.25, 0.3) is 23.0 Å². The number of aromatic hydroxyl groups is 1. The van der Waals surface area contributed by atoms with Crippen molar-refractivity contribution in [3.63, 3.8) is 0 Å². The Morgan fingerprint density at radius 1 is 1.12 bits per heavy atom. The molecule has 0 aliphatic carbocycles. The van der Waals surface area contributed by atoms with Crippen molar-refractivity contribution in [2.45, 2.75) is 6.92 Å². The first-order valence-corrected chi connectivity index (χ1v) is 8.64. The van der Waals surface area contributed by atoms with Crippen molar-refractivity contribution < 1.29 is 9.63 Å². The van der Waals surface area contributed by atoms with Crippen molar-refractivity contribution in [3.05, 3.63) is 42.1 Å². The summed E-state index contributed by atoms with van der Waals surface area (Å²) in [4.78, 5) is 13.5. The van der Waals surface area contributed by atoms with Crippen LogP contribution in [0.5, 0.6) is 5.75 Å². The van der Waals surface area contributed by atoms with Crippen LogP contribution >= 0.6 is 0 Å². The van der Waals surface area contributed by atoms with Crippen molar-refractivity contribution in [1.82, 2.24) is 20.0 Å². The Labute approximate surface area is 151 Å². The molecule has 0 radical (unpaired) electrons. The topological polar surface area (TPSA) is 78.5 Å². The molecule has 1 aliphatic rings. The van der Waals surface area contributed by atoms with E-state index in [4.69, 9.17) is 4.52 Å². The van der Waals surface area contributed by atoms with Gasteiger partial charge in [0.1, 0.15) is 11.4 Å². The van der Waals surface area contributed by atoms with Gasteiger partial charge in [0.2, 0.25) is 5.82 Å². The molecule has 1 aliphatic heterocycles. The van der Waals surface area contributed by atoms with Crippen molar-refractivity contribution in [1.29, 1.82) is 0 Å². The third-order valence-electron chi connectivity index (χ3n) is 4.74. The quantitative estimate of drug-likeness (QED) is 0.777. The number of pyridine rings is 1. The van der Waals surface area contributed by atoms with Gasteiger partial charge in [0.05, 0.1) is 5.56 Å². The number of phenolic OH excluding ortho intramolecular Hbond substituents is 1. The molecule has 0 atom stereocenters. The number of phenols is 1. The number of aromatic nitrogens is 3. The highest BCUT2D eigenvalue weighted by Crippen LogP contribution is 2.32. The molecule has 1 aromatic carbocycles. The Kier molecular flexibility index (Phi) is 4.30. The minimum Gasteiger partial charge on any atom is -0.507 e. The smallest absolute Gasteiger partial charge is 0.262 e. The van der Waals surface area contributed by atoms with Crippen LogP contribution in [0.1, 0.15) is 5.56 Å². The lowest BCUT2D eigenvalue weighted by Gasteiger charge is -2.34. The number of para-hydroxylation sites is 1. The predicted molar refractivity (Wildman–Crippen MR) is 99.1 cm³/mol. The third-order valence-corrected chi connectivity index (χ3v) is 4.74. The summed E-state index contributed by atoms with van der Waals surface area (Å²) in [7, 11) is 2.14. The summed E-state index contributed by atoms with van der Waals surface area (Å²) in [6.07, 6.45) is 1.77. The fourth-order valence-corrected chi connectivity index (χ4v) is 3.07. The number of hydrogen-bond acceptors (Lipinski definition) is 7. The lowest BCUT2D eigenvalue weighted by atomic mass is 10.1. The molecule has 3 heterocycles. The number of rotatable bonds is 3. The maximum Gasteiger partial charge on any atom is 0.262 e. The monoisotopic (exact) mass is 351 g/mol. The highest BCUT2D eigenvalue weighted by atomic mass is 16.5. The molecule has 0 amide bonds. The molecule has 134 valence electrons. The minimum atomic E-state index is 0.154. The zero-order valence-electron chi connectivity index (χ0n) is 14.9. The van der Waals surface area contributed by atoms with E-state index in [2.05, 4.69) is 32.0 Å². The van der Waals surface area contributed by atoms with Gasteiger partial charge in [0, 0.05) is 38.1 Å². The first-order valence-electron chi connectivity index (χ1n) is 8.64. The second kappa shape index (κ2) is 6.76. The fourth-order valence-electron chi connectivity index (χ4n) is 3.07. The lowest BCUT2D eigenvalue weighted by molar-refractivity contribution is 0.313. The van der Waals surface area contributed by atoms with Crippen LogP contribution in [0.3, 0.4) is 0 Å². The Bertz CT molecular complexity index is 916. The SMILES string of the molecule is Cc1cccc(-c2nc(-c3cc(N4CCN(C)CC4)ccn3)no2)c1O. The highest BCUT2D eigenvalue weighted by molar-refractivity contribution is 5.66. The van der Waals surface area contributed by atoms with Gasteiger partial charge >= 0.3 is 0 Å². The molecule has 0 unspecified atom stereocenters. The first kappa shape index (κ1) is 16.5. The summed E-state index contributed by atoms with van der Waals surface area (Å²) in [5.74, 6) is 0.853. The molecule has 3 aromatic rings. The third kappa shape index (κ3) is 3.13. The predicted octanol–water partition coefficient (Wildman–Crippen LogP) is 2.56. The second-order valence-electron chi connectivity index (χ2n) is 6.58. The van der Waals surface area contributed by atoms with Crippen LogP contribution in [0.2, 0.25) is 0 Å². The van der Waals surface area contributed by atoms with E-state index in [1.165, 1.54) is 0 Å². The molecule has 26 heavy (non-hydrogen) atoms. The zero-order chi connectivity index (χ0) is 18.1. The molecule has 0 saturated carbocycles. The Balaban J connectivity index is 1.62. The fraction of sp³-hybridized carbons (Fsp3) is 0.316. The number of nitrogens with zero attached hydrogens (tertiary/aromatic N) is 5. The number of likely N-dealkylation sites (N-methyl/N-ethyl adjacent to an activating group) is 1. The van der Waals surface area contributed by atoms with Crippen LogP contribution < -0.4 is 4.90 Å². The molecule has 1 N–H and O–H groups in total. The van der Waals surface area contributed by atoms with Gasteiger partial charge in [-0.25, -0.2) is 0 Å². The van der Waals surface area contributed by atoms with E-state index in [0.717, 1.165) is 37.4 Å². The molecule has 0 spiro atoms. The maximum atomic E-state index is 10.2. The number of anilines is 1. The summed E-state index contributed by atoms with van der Waals surface area (Å²) >= 11 is 0. The van der Waals surface area contributed by atoms with Gasteiger partial charge in [-0.05, 0) is 37.7 Å². The van der Waals surface area contributed by atoms with E-state index < -0.39 is 0 Å². The van der Waals surface area contributed by atoms with Crippen LogP contribution in [-0.4, -0.2) is 58.4 Å². The maximum absolute atomic E-state index is 10.2. The van der Waals surface area contributed by atoms with Gasteiger partial charge in [-0.1, -0.05) is 17.3 Å². The van der Waals surface area contributed by atoms with Crippen molar-refractivity contribution in [2.24, 2.45) is 0 Å². The van der Waals surface area contributed by atoms with Gasteiger partial charge < -0.3 is 19.4 Å². The first-order chi connectivity index (χ1) is 12.6. The Morgan fingerprint density at radius 3 is 2.73 bits per heavy atom. The summed E-state index contributed by atoms with van der Waals surface area (Å²) in [5, 5.41) is 14.3. The number of aryl methyl sites for hydroxylation is 1. The molecular weight excluding hydrogens is 330 g/mol. The molecular formula is C19H21N5O2. The largest absolute Gasteiger partial charge is 0.507 e. The summed E-state index contributed by atoms with van der Waals surface area (Å²) in [6, 6.07) is 9.42. The van der Waals surface area contributed by atoms with E-state index in [1.807, 2.05) is 31.2 Å². The molecule has 7 nitrogen and oxygen atoms in total. The van der Waals surface area contributed by atoms with Gasteiger partial charge in [-0.15, -0.1) is 0 Å². The van der Waals surface area contributed by atoms with E-state index in [0.29, 0.717) is 17.1 Å². The molecule has 1 fully saturated rings. The van der Waals surface area contributed by atoms with Crippen molar-refractivity contribution in [3.8, 4) is 28.7 Å². The molecule has 7 heteroatoms. The molecule has 4 rings (SSSR count). The Hall–Kier alpha value is -2.93. The van der Waals surface area contributed by atoms with Crippen molar-refractivity contribution in [2.75, 3.05) is 38.1 Å². The number of benzene rings is 1. The molecule has 0 bridgehead atoms. The van der Waals surface area contributed by atoms with Crippen molar-refractivity contribution >= 4 is 5.69 Å². The van der Waals surface area contributed by atoms with E-state index in [-0.39, 0.29) is 11.6 Å². The number of hydrogen-bond donors (Lipinski definition) is 1. The second-order valence-corrected chi connectivity index (χ2v) is 6.58. The van der Waals surface area contributed by atoms with E-state index in [9.17, 15) is 5.11 Å². The highest BCUT2D eigenvalue weighted by Gasteiger charge is 2.18. The average molecular weight is 351 g/mol. The van der Waals surface area contributed by atoms with Crippen LogP contribution in [0.4, 0.5) is 5.69 Å².